The number of carbonyl (C=O) groups excluding carboxylic acids is 2. The molecule has 5 nitrogen and oxygen atoms in total. The number of esters is 1. The van der Waals surface area contributed by atoms with E-state index in [1.54, 1.807) is 43.3 Å². The second-order valence-corrected chi connectivity index (χ2v) is 8.42. The predicted molar refractivity (Wildman–Crippen MR) is 122 cm³/mol. The van der Waals surface area contributed by atoms with Gasteiger partial charge >= 0.3 is 5.97 Å². The van der Waals surface area contributed by atoms with Crippen molar-refractivity contribution in [1.82, 2.24) is 5.32 Å². The van der Waals surface area contributed by atoms with E-state index < -0.39 is 11.9 Å². The first-order chi connectivity index (χ1) is 15.4. The molecular weight excluding hydrogens is 449 g/mol. The van der Waals surface area contributed by atoms with Gasteiger partial charge in [0, 0.05) is 33.0 Å². The third-order valence-corrected chi connectivity index (χ3v) is 6.31. The minimum Gasteiger partial charge on any atom is -0.466 e. The zero-order valence-corrected chi connectivity index (χ0v) is 18.7. The molecule has 0 unspecified atom stereocenters. The van der Waals surface area contributed by atoms with E-state index in [2.05, 4.69) is 5.32 Å². The average Bonchev–Trinajstić information content (AvgIpc) is 3.36. The van der Waals surface area contributed by atoms with Crippen LogP contribution in [0.5, 0.6) is 0 Å². The monoisotopic (exact) mass is 465 g/mol. The molecule has 0 saturated carbocycles. The van der Waals surface area contributed by atoms with Crippen molar-refractivity contribution >= 4 is 40.7 Å². The van der Waals surface area contributed by atoms with Gasteiger partial charge in [0.1, 0.15) is 11.5 Å². The van der Waals surface area contributed by atoms with Gasteiger partial charge in [0.15, 0.2) is 5.78 Å². The van der Waals surface area contributed by atoms with Crippen molar-refractivity contribution in [2.24, 2.45) is 0 Å². The maximum Gasteiger partial charge on any atom is 0.336 e. The van der Waals surface area contributed by atoms with E-state index in [0.717, 1.165) is 5.56 Å². The Morgan fingerprint density at radius 1 is 1.03 bits per heavy atom. The molecular formula is C25H17Cl2NO4. The number of halogens is 2. The van der Waals surface area contributed by atoms with Crippen LogP contribution in [0, 0.1) is 0 Å². The number of Topliss-reactive ketones (excluding diaryl/α,β-unsaturated/α-hetero) is 1. The van der Waals surface area contributed by atoms with Crippen LogP contribution in [0.4, 0.5) is 0 Å². The number of rotatable bonds is 3. The number of carbonyl (C=O) groups is 2. The second-order valence-electron chi connectivity index (χ2n) is 7.58. The highest BCUT2D eigenvalue weighted by molar-refractivity contribution is 6.36. The van der Waals surface area contributed by atoms with Crippen molar-refractivity contribution in [3.63, 3.8) is 0 Å². The molecule has 1 aromatic heterocycles. The number of hydrogen-bond acceptors (Lipinski definition) is 5. The summed E-state index contributed by atoms with van der Waals surface area (Å²) in [5.74, 6) is -0.450. The Morgan fingerprint density at radius 3 is 2.50 bits per heavy atom. The van der Waals surface area contributed by atoms with Crippen molar-refractivity contribution in [1.29, 1.82) is 0 Å². The summed E-state index contributed by atoms with van der Waals surface area (Å²) in [4.78, 5) is 26.2. The highest BCUT2D eigenvalue weighted by Crippen LogP contribution is 2.47. The third kappa shape index (κ3) is 3.08. The number of benzene rings is 2. The highest BCUT2D eigenvalue weighted by atomic mass is 35.5. The molecule has 1 aliphatic carbocycles. The smallest absolute Gasteiger partial charge is 0.336 e. The summed E-state index contributed by atoms with van der Waals surface area (Å²) in [5.41, 5.74) is 4.12. The predicted octanol–water partition coefficient (Wildman–Crippen LogP) is 5.99. The van der Waals surface area contributed by atoms with Crippen molar-refractivity contribution in [3.8, 4) is 11.3 Å². The van der Waals surface area contributed by atoms with E-state index in [4.69, 9.17) is 32.4 Å². The molecule has 0 fully saturated rings. The van der Waals surface area contributed by atoms with Crippen molar-refractivity contribution < 1.29 is 18.7 Å². The number of allylic oxidation sites excluding steroid dienone is 2. The quantitative estimate of drug-likeness (QED) is 0.480. The molecule has 1 N–H and O–H groups in total. The normalized spacial score (nSPS) is 17.2. The number of ether oxygens (including phenoxy) is 1. The fourth-order valence-electron chi connectivity index (χ4n) is 4.34. The first-order valence-electron chi connectivity index (χ1n) is 9.90. The van der Waals surface area contributed by atoms with E-state index in [9.17, 15) is 9.59 Å². The van der Waals surface area contributed by atoms with Crippen LogP contribution >= 0.6 is 23.2 Å². The lowest BCUT2D eigenvalue weighted by Crippen LogP contribution is -2.28. The highest BCUT2D eigenvalue weighted by Gasteiger charge is 2.44. The Morgan fingerprint density at radius 2 is 1.78 bits per heavy atom. The van der Waals surface area contributed by atoms with Crippen LogP contribution in [0.15, 0.2) is 75.9 Å². The van der Waals surface area contributed by atoms with Crippen LogP contribution in [0.1, 0.15) is 34.5 Å². The number of furan rings is 1. The lowest BCUT2D eigenvalue weighted by Gasteiger charge is -2.27. The van der Waals surface area contributed by atoms with E-state index in [-0.39, 0.29) is 5.78 Å². The lowest BCUT2D eigenvalue weighted by atomic mass is 9.83. The van der Waals surface area contributed by atoms with Gasteiger partial charge in [-0.3, -0.25) is 4.79 Å². The van der Waals surface area contributed by atoms with Gasteiger partial charge in [-0.2, -0.15) is 0 Å². The molecule has 2 heterocycles. The molecule has 0 amide bonds. The number of dihydropyridines is 1. The molecule has 5 rings (SSSR count). The van der Waals surface area contributed by atoms with E-state index in [1.807, 2.05) is 18.2 Å². The summed E-state index contributed by atoms with van der Waals surface area (Å²) < 4.78 is 11.2. The second kappa shape index (κ2) is 7.69. The van der Waals surface area contributed by atoms with Gasteiger partial charge in [-0.15, -0.1) is 0 Å². The summed E-state index contributed by atoms with van der Waals surface area (Å²) in [6.45, 7) is 1.79. The van der Waals surface area contributed by atoms with Crippen LogP contribution < -0.4 is 5.32 Å². The number of fused-ring (bicyclic) bond motifs is 2. The van der Waals surface area contributed by atoms with Gasteiger partial charge in [-0.05, 0) is 37.3 Å². The maximum atomic E-state index is 13.4. The van der Waals surface area contributed by atoms with Crippen molar-refractivity contribution in [2.45, 2.75) is 12.8 Å². The fraction of sp³-hybridized carbons (Fsp3) is 0.120. The van der Waals surface area contributed by atoms with Crippen molar-refractivity contribution in [3.05, 3.63) is 98.4 Å². The minimum atomic E-state index is -0.724. The minimum absolute atomic E-state index is 0.149. The Bertz CT molecular complexity index is 1370. The van der Waals surface area contributed by atoms with Gasteiger partial charge < -0.3 is 14.5 Å². The summed E-state index contributed by atoms with van der Waals surface area (Å²) in [6, 6.07) is 16.0. The molecule has 2 aliphatic rings. The fourth-order valence-corrected chi connectivity index (χ4v) is 4.84. The Kier molecular flexibility index (Phi) is 4.96. The third-order valence-electron chi connectivity index (χ3n) is 5.76. The summed E-state index contributed by atoms with van der Waals surface area (Å²) >= 11 is 12.4. The number of methoxy groups -OCH3 is 1. The molecule has 1 aliphatic heterocycles. The molecule has 0 radical (unpaired) electrons. The van der Waals surface area contributed by atoms with Crippen molar-refractivity contribution in [2.75, 3.05) is 7.11 Å². The molecule has 7 heteroatoms. The van der Waals surface area contributed by atoms with Crippen LogP contribution in [-0.4, -0.2) is 18.9 Å². The Labute approximate surface area is 194 Å². The van der Waals surface area contributed by atoms with Gasteiger partial charge in [0.05, 0.1) is 29.3 Å². The van der Waals surface area contributed by atoms with E-state index in [1.165, 1.54) is 7.11 Å². The first-order valence-corrected chi connectivity index (χ1v) is 10.7. The maximum absolute atomic E-state index is 13.4. The summed E-state index contributed by atoms with van der Waals surface area (Å²) in [6.07, 6.45) is 0. The largest absolute Gasteiger partial charge is 0.466 e. The van der Waals surface area contributed by atoms with Crippen LogP contribution in [0.2, 0.25) is 10.0 Å². The molecule has 160 valence electrons. The van der Waals surface area contributed by atoms with Gasteiger partial charge in [0.25, 0.3) is 0 Å². The average molecular weight is 466 g/mol. The molecule has 32 heavy (non-hydrogen) atoms. The first kappa shape index (κ1) is 20.6. The lowest BCUT2D eigenvalue weighted by molar-refractivity contribution is -0.136. The molecule has 0 spiro atoms. The van der Waals surface area contributed by atoms with Gasteiger partial charge in [-0.1, -0.05) is 47.5 Å². The number of hydrogen-bond donors (Lipinski definition) is 1. The summed E-state index contributed by atoms with van der Waals surface area (Å²) in [5, 5.41) is 4.20. The Hall–Kier alpha value is -3.28. The van der Waals surface area contributed by atoms with E-state index >= 15 is 0 Å². The molecule has 1 atom stereocenters. The molecule has 0 bridgehead atoms. The topological polar surface area (TPSA) is 68.5 Å². The van der Waals surface area contributed by atoms with Gasteiger partial charge in [-0.25, -0.2) is 4.79 Å². The van der Waals surface area contributed by atoms with E-state index in [0.29, 0.717) is 55.2 Å². The molecule has 0 saturated heterocycles. The SMILES string of the molecule is COC(=O)C1=C(C)NC2=C(C(=O)c3ccccc32)[C@@H]1c1ccc(-c2ccc(Cl)cc2Cl)o1. The molecule has 3 aromatic rings. The van der Waals surface area contributed by atoms with Crippen LogP contribution in [0.25, 0.3) is 17.0 Å². The number of ketones is 1. The zero-order valence-electron chi connectivity index (χ0n) is 17.2. The standard InChI is InChI=1S/C25H17Cl2NO4/c1-12-20(25(30)31-2)21(22-23(28-12)14-5-3-4-6-15(14)24(22)29)19-10-9-18(32-19)16-8-7-13(26)11-17(16)27/h3-11,21,28H,1-2H3/t21-/m1/s1. The summed E-state index contributed by atoms with van der Waals surface area (Å²) in [7, 11) is 1.32. The van der Waals surface area contributed by atoms with Crippen LogP contribution in [0.3, 0.4) is 0 Å². The van der Waals surface area contributed by atoms with Crippen LogP contribution in [-0.2, 0) is 9.53 Å². The molecule has 2 aromatic carbocycles. The van der Waals surface area contributed by atoms with Gasteiger partial charge in [0.2, 0.25) is 0 Å². The Balaban J connectivity index is 1.68. The number of nitrogens with one attached hydrogen (secondary N) is 1. The zero-order chi connectivity index (χ0) is 22.6.